The monoisotopic (exact) mass is 192 g/mol. The zero-order valence-electron chi connectivity index (χ0n) is 5.84. The van der Waals surface area contributed by atoms with E-state index in [9.17, 15) is 0 Å². The molecule has 3 nitrogen and oxygen atoms in total. The third-order valence-corrected chi connectivity index (χ3v) is 1.54. The maximum atomic E-state index is 5.65. The van der Waals surface area contributed by atoms with Gasteiger partial charge in [-0.25, -0.2) is 9.97 Å². The molecular formula is C6H6Cl2N2O. The van der Waals surface area contributed by atoms with Crippen LogP contribution in [0.5, 0.6) is 5.75 Å². The molecule has 0 aliphatic carbocycles. The summed E-state index contributed by atoms with van der Waals surface area (Å²) in [5, 5.41) is 0.485. The van der Waals surface area contributed by atoms with Crippen molar-refractivity contribution in [2.24, 2.45) is 0 Å². The van der Waals surface area contributed by atoms with Crippen LogP contribution in [0, 0.1) is 0 Å². The molecule has 11 heavy (non-hydrogen) atoms. The highest BCUT2D eigenvalue weighted by molar-refractivity contribution is 6.35. The van der Waals surface area contributed by atoms with E-state index >= 15 is 0 Å². The first-order valence-electron chi connectivity index (χ1n) is 3.04. The summed E-state index contributed by atoms with van der Waals surface area (Å²) >= 11 is 11.3. The maximum absolute atomic E-state index is 5.65. The average Bonchev–Trinajstić information content (AvgIpc) is 1.97. The molecule has 0 radical (unpaired) electrons. The number of rotatable bonds is 2. The van der Waals surface area contributed by atoms with Crippen LogP contribution in [0.3, 0.4) is 0 Å². The van der Waals surface area contributed by atoms with Gasteiger partial charge >= 0.3 is 0 Å². The molecule has 0 aromatic carbocycles. The molecule has 60 valence electrons. The summed E-state index contributed by atoms with van der Waals surface area (Å²) < 4.78 is 5.08. The fourth-order valence-electron chi connectivity index (χ4n) is 0.596. The highest BCUT2D eigenvalue weighted by Gasteiger charge is 2.07. The minimum absolute atomic E-state index is 0.242. The Hall–Kier alpha value is -0.540. The van der Waals surface area contributed by atoms with Crippen molar-refractivity contribution < 1.29 is 4.74 Å². The van der Waals surface area contributed by atoms with E-state index in [0.29, 0.717) is 12.4 Å². The predicted molar refractivity (Wildman–Crippen MR) is 43.2 cm³/mol. The van der Waals surface area contributed by atoms with Gasteiger partial charge in [0.15, 0.2) is 16.1 Å². The van der Waals surface area contributed by atoms with E-state index in [-0.39, 0.29) is 10.3 Å². The molecule has 0 N–H and O–H groups in total. The Kier molecular flexibility index (Phi) is 2.91. The highest BCUT2D eigenvalue weighted by Crippen LogP contribution is 2.27. The van der Waals surface area contributed by atoms with Gasteiger partial charge in [0.05, 0.1) is 6.61 Å². The van der Waals surface area contributed by atoms with Crippen LogP contribution in [-0.2, 0) is 0 Å². The van der Waals surface area contributed by atoms with Crippen LogP contribution in [0.25, 0.3) is 0 Å². The molecule has 1 aromatic rings. The summed E-state index contributed by atoms with van der Waals surface area (Å²) in [5.74, 6) is 0.346. The Bertz CT molecular complexity index is 234. The van der Waals surface area contributed by atoms with E-state index in [1.165, 1.54) is 6.33 Å². The quantitative estimate of drug-likeness (QED) is 0.675. The van der Waals surface area contributed by atoms with Crippen molar-refractivity contribution in [3.05, 3.63) is 16.6 Å². The van der Waals surface area contributed by atoms with Crippen molar-refractivity contribution in [1.29, 1.82) is 0 Å². The van der Waals surface area contributed by atoms with Gasteiger partial charge in [-0.3, -0.25) is 0 Å². The fraction of sp³-hybridized carbons (Fsp3) is 0.333. The first-order valence-corrected chi connectivity index (χ1v) is 3.80. The number of ether oxygens (including phenoxy) is 1. The van der Waals surface area contributed by atoms with Crippen LogP contribution in [0.1, 0.15) is 6.92 Å². The number of hydrogen-bond donors (Lipinski definition) is 0. The Morgan fingerprint density at radius 3 is 2.36 bits per heavy atom. The van der Waals surface area contributed by atoms with Gasteiger partial charge in [-0.05, 0) is 6.92 Å². The molecule has 0 fully saturated rings. The van der Waals surface area contributed by atoms with Gasteiger partial charge in [0.2, 0.25) is 0 Å². The van der Waals surface area contributed by atoms with Crippen molar-refractivity contribution in [3.63, 3.8) is 0 Å². The second-order valence-electron chi connectivity index (χ2n) is 1.72. The van der Waals surface area contributed by atoms with E-state index in [0.717, 1.165) is 0 Å². The van der Waals surface area contributed by atoms with Gasteiger partial charge in [0, 0.05) is 0 Å². The van der Waals surface area contributed by atoms with Gasteiger partial charge in [-0.15, -0.1) is 0 Å². The lowest BCUT2D eigenvalue weighted by Crippen LogP contribution is -1.95. The Morgan fingerprint density at radius 1 is 1.36 bits per heavy atom. The molecule has 0 unspecified atom stereocenters. The molecule has 0 atom stereocenters. The predicted octanol–water partition coefficient (Wildman–Crippen LogP) is 2.18. The van der Waals surface area contributed by atoms with E-state index in [1.54, 1.807) is 0 Å². The normalized spacial score (nSPS) is 9.73. The van der Waals surface area contributed by atoms with E-state index in [1.807, 2.05) is 6.92 Å². The van der Waals surface area contributed by atoms with Crippen LogP contribution in [0.15, 0.2) is 6.33 Å². The van der Waals surface area contributed by atoms with E-state index in [4.69, 9.17) is 27.9 Å². The van der Waals surface area contributed by atoms with Crippen LogP contribution < -0.4 is 4.74 Å². The second-order valence-corrected chi connectivity index (χ2v) is 2.43. The van der Waals surface area contributed by atoms with Crippen molar-refractivity contribution in [2.45, 2.75) is 6.92 Å². The molecule has 1 heterocycles. The maximum Gasteiger partial charge on any atom is 0.194 e. The third-order valence-electron chi connectivity index (χ3n) is 1.01. The molecule has 0 aliphatic rings. The molecule has 0 amide bonds. The molecule has 1 aromatic heterocycles. The topological polar surface area (TPSA) is 35.0 Å². The zero-order valence-corrected chi connectivity index (χ0v) is 7.35. The number of aromatic nitrogens is 2. The molecule has 0 saturated carbocycles. The summed E-state index contributed by atoms with van der Waals surface area (Å²) in [6, 6.07) is 0. The largest absolute Gasteiger partial charge is 0.488 e. The van der Waals surface area contributed by atoms with Crippen molar-refractivity contribution in [2.75, 3.05) is 6.61 Å². The molecular weight excluding hydrogens is 187 g/mol. The van der Waals surface area contributed by atoms with Gasteiger partial charge in [-0.1, -0.05) is 23.2 Å². The number of hydrogen-bond acceptors (Lipinski definition) is 3. The van der Waals surface area contributed by atoms with E-state index < -0.39 is 0 Å². The minimum Gasteiger partial charge on any atom is -0.488 e. The number of nitrogens with zero attached hydrogens (tertiary/aromatic N) is 2. The summed E-state index contributed by atoms with van der Waals surface area (Å²) in [4.78, 5) is 7.41. The summed E-state index contributed by atoms with van der Waals surface area (Å²) in [6.07, 6.45) is 1.28. The molecule has 0 aliphatic heterocycles. The van der Waals surface area contributed by atoms with Gasteiger partial charge < -0.3 is 4.74 Å². The van der Waals surface area contributed by atoms with Crippen molar-refractivity contribution in [1.82, 2.24) is 9.97 Å². The molecule has 5 heteroatoms. The van der Waals surface area contributed by atoms with Gasteiger partial charge in [0.25, 0.3) is 0 Å². The second kappa shape index (κ2) is 3.74. The van der Waals surface area contributed by atoms with Gasteiger partial charge in [-0.2, -0.15) is 0 Å². The molecule has 1 rings (SSSR count). The fourth-order valence-corrected chi connectivity index (χ4v) is 1.02. The molecule has 0 spiro atoms. The smallest absolute Gasteiger partial charge is 0.194 e. The first-order chi connectivity index (χ1) is 5.25. The van der Waals surface area contributed by atoms with Gasteiger partial charge in [0.1, 0.15) is 6.33 Å². The summed E-state index contributed by atoms with van der Waals surface area (Å²) in [5.41, 5.74) is 0. The standard InChI is InChI=1S/C6H6Cl2N2O/c1-2-11-4-5(7)9-3-10-6(4)8/h3H,2H2,1H3. The van der Waals surface area contributed by atoms with Crippen LogP contribution in [0.4, 0.5) is 0 Å². The van der Waals surface area contributed by atoms with Crippen molar-refractivity contribution in [3.8, 4) is 5.75 Å². The molecule has 0 saturated heterocycles. The van der Waals surface area contributed by atoms with E-state index in [2.05, 4.69) is 9.97 Å². The highest BCUT2D eigenvalue weighted by atomic mass is 35.5. The Balaban J connectivity index is 3.00. The van der Waals surface area contributed by atoms with Crippen molar-refractivity contribution >= 4 is 23.2 Å². The summed E-state index contributed by atoms with van der Waals surface area (Å²) in [7, 11) is 0. The Morgan fingerprint density at radius 2 is 1.91 bits per heavy atom. The lowest BCUT2D eigenvalue weighted by atomic mass is 10.6. The lowest BCUT2D eigenvalue weighted by Gasteiger charge is -2.04. The average molecular weight is 193 g/mol. The summed E-state index contributed by atoms with van der Waals surface area (Å²) in [6.45, 7) is 2.33. The van der Waals surface area contributed by atoms with Crippen LogP contribution >= 0.6 is 23.2 Å². The molecule has 0 bridgehead atoms. The SMILES string of the molecule is CCOc1c(Cl)ncnc1Cl. The van der Waals surface area contributed by atoms with Crippen LogP contribution in [-0.4, -0.2) is 16.6 Å². The first kappa shape index (κ1) is 8.56. The van der Waals surface area contributed by atoms with Crippen LogP contribution in [0.2, 0.25) is 10.3 Å². The lowest BCUT2D eigenvalue weighted by molar-refractivity contribution is 0.337. The zero-order chi connectivity index (χ0) is 8.27. The minimum atomic E-state index is 0.242. The third kappa shape index (κ3) is 1.94. The Labute approximate surface area is 74.3 Å². The number of halogens is 2.